The van der Waals surface area contributed by atoms with Gasteiger partial charge < -0.3 is 9.15 Å². The first-order chi connectivity index (χ1) is 10.7. The van der Waals surface area contributed by atoms with Crippen LogP contribution in [-0.2, 0) is 0 Å². The predicted molar refractivity (Wildman–Crippen MR) is 89.7 cm³/mol. The molecule has 22 heavy (non-hydrogen) atoms. The van der Waals surface area contributed by atoms with Crippen molar-refractivity contribution < 1.29 is 9.15 Å². The van der Waals surface area contributed by atoms with Gasteiger partial charge in [-0.15, -0.1) is 0 Å². The van der Waals surface area contributed by atoms with Gasteiger partial charge in [-0.05, 0) is 36.9 Å². The number of aryl methyl sites for hydroxylation is 1. The molecule has 0 aliphatic rings. The van der Waals surface area contributed by atoms with Crippen molar-refractivity contribution in [3.05, 3.63) is 52.4 Å². The maximum atomic E-state index is 12.1. The maximum Gasteiger partial charge on any atom is 0.344 e. The van der Waals surface area contributed by atoms with E-state index in [0.717, 1.165) is 34.9 Å². The summed E-state index contributed by atoms with van der Waals surface area (Å²) in [6.07, 6.45) is 3.36. The molecule has 0 atom stereocenters. The van der Waals surface area contributed by atoms with Crippen LogP contribution < -0.4 is 10.4 Å². The highest BCUT2D eigenvalue weighted by Crippen LogP contribution is 2.27. The predicted octanol–water partition coefficient (Wildman–Crippen LogP) is 4.82. The lowest BCUT2D eigenvalue weighted by Crippen LogP contribution is -2.01. The van der Waals surface area contributed by atoms with Crippen molar-refractivity contribution in [1.29, 1.82) is 0 Å². The van der Waals surface area contributed by atoms with Gasteiger partial charge in [0.2, 0.25) is 0 Å². The van der Waals surface area contributed by atoms with Gasteiger partial charge in [-0.1, -0.05) is 37.5 Å². The largest absolute Gasteiger partial charge is 0.493 e. The van der Waals surface area contributed by atoms with Gasteiger partial charge in [-0.2, -0.15) is 0 Å². The Bertz CT molecular complexity index is 862. The Balaban J connectivity index is 2.01. The summed E-state index contributed by atoms with van der Waals surface area (Å²) >= 11 is 0. The van der Waals surface area contributed by atoms with Crippen molar-refractivity contribution in [2.75, 3.05) is 6.61 Å². The van der Waals surface area contributed by atoms with Gasteiger partial charge in [0.15, 0.2) is 0 Å². The molecule has 0 aliphatic carbocycles. The number of fused-ring (bicyclic) bond motifs is 3. The summed E-state index contributed by atoms with van der Waals surface area (Å²) in [6.45, 7) is 4.82. The van der Waals surface area contributed by atoms with Gasteiger partial charge in [-0.25, -0.2) is 4.79 Å². The number of benzene rings is 2. The van der Waals surface area contributed by atoms with Gasteiger partial charge in [0.05, 0.1) is 12.0 Å². The summed E-state index contributed by atoms with van der Waals surface area (Å²) in [5.41, 5.74) is 1.33. The van der Waals surface area contributed by atoms with Crippen LogP contribution in [0.3, 0.4) is 0 Å². The first-order valence-electron chi connectivity index (χ1n) is 7.79. The van der Waals surface area contributed by atoms with E-state index in [1.165, 1.54) is 6.42 Å². The van der Waals surface area contributed by atoms with Crippen LogP contribution in [0.15, 0.2) is 45.6 Å². The van der Waals surface area contributed by atoms with E-state index in [4.69, 9.17) is 9.15 Å². The third-order valence-electron chi connectivity index (χ3n) is 3.86. The van der Waals surface area contributed by atoms with E-state index in [1.807, 2.05) is 43.3 Å². The van der Waals surface area contributed by atoms with Gasteiger partial charge in [0.25, 0.3) is 0 Å². The lowest BCUT2D eigenvalue weighted by molar-refractivity contribution is 0.306. The molecule has 0 saturated heterocycles. The molecule has 114 valence electrons. The van der Waals surface area contributed by atoms with Crippen LogP contribution >= 0.6 is 0 Å². The summed E-state index contributed by atoms with van der Waals surface area (Å²) in [6, 6.07) is 11.6. The number of hydrogen-bond donors (Lipinski definition) is 0. The zero-order valence-corrected chi connectivity index (χ0v) is 13.0. The van der Waals surface area contributed by atoms with E-state index in [9.17, 15) is 4.79 Å². The molecule has 1 heterocycles. The Morgan fingerprint density at radius 1 is 1.00 bits per heavy atom. The normalized spacial score (nSPS) is 11.2. The number of hydrogen-bond acceptors (Lipinski definition) is 3. The quantitative estimate of drug-likeness (QED) is 0.385. The minimum Gasteiger partial charge on any atom is -0.493 e. The molecule has 0 aliphatic heterocycles. The van der Waals surface area contributed by atoms with E-state index in [1.54, 1.807) is 0 Å². The first kappa shape index (κ1) is 14.6. The molecular formula is C19H20O3. The van der Waals surface area contributed by atoms with Crippen LogP contribution in [0, 0.1) is 6.92 Å². The highest BCUT2D eigenvalue weighted by Gasteiger charge is 2.08. The Morgan fingerprint density at radius 3 is 2.64 bits per heavy atom. The SMILES string of the molecule is CCCCCOc1ccc2c(c1)oc(=O)c1cc(C)ccc12. The fourth-order valence-corrected chi connectivity index (χ4v) is 2.66. The van der Waals surface area contributed by atoms with Crippen LogP contribution in [0.1, 0.15) is 31.7 Å². The monoisotopic (exact) mass is 296 g/mol. The summed E-state index contributed by atoms with van der Waals surface area (Å²) < 4.78 is 11.2. The Hall–Kier alpha value is -2.29. The number of ether oxygens (including phenoxy) is 1. The zero-order chi connectivity index (χ0) is 15.5. The van der Waals surface area contributed by atoms with Crippen molar-refractivity contribution in [2.24, 2.45) is 0 Å². The average Bonchev–Trinajstić information content (AvgIpc) is 2.52. The van der Waals surface area contributed by atoms with Crippen molar-refractivity contribution in [3.8, 4) is 5.75 Å². The molecule has 0 N–H and O–H groups in total. The van der Waals surface area contributed by atoms with E-state index in [2.05, 4.69) is 6.92 Å². The fraction of sp³-hybridized carbons (Fsp3) is 0.316. The molecule has 3 rings (SSSR count). The summed E-state index contributed by atoms with van der Waals surface area (Å²) in [7, 11) is 0. The fourth-order valence-electron chi connectivity index (χ4n) is 2.66. The lowest BCUT2D eigenvalue weighted by atomic mass is 10.1. The zero-order valence-electron chi connectivity index (χ0n) is 13.0. The molecule has 0 amide bonds. The van der Waals surface area contributed by atoms with E-state index in [-0.39, 0.29) is 5.63 Å². The molecule has 0 radical (unpaired) electrons. The van der Waals surface area contributed by atoms with E-state index >= 15 is 0 Å². The van der Waals surface area contributed by atoms with Crippen molar-refractivity contribution >= 4 is 21.7 Å². The smallest absolute Gasteiger partial charge is 0.344 e. The van der Waals surface area contributed by atoms with Crippen molar-refractivity contribution in [2.45, 2.75) is 33.1 Å². The Kier molecular flexibility index (Phi) is 4.14. The molecule has 0 bridgehead atoms. The van der Waals surface area contributed by atoms with Gasteiger partial charge >= 0.3 is 5.63 Å². The summed E-state index contributed by atoms with van der Waals surface area (Å²) in [5.74, 6) is 0.748. The van der Waals surface area contributed by atoms with Crippen LogP contribution in [0.4, 0.5) is 0 Å². The number of unbranched alkanes of at least 4 members (excludes halogenated alkanes) is 2. The van der Waals surface area contributed by atoms with Gasteiger partial charge in [-0.3, -0.25) is 0 Å². The topological polar surface area (TPSA) is 39.4 Å². The van der Waals surface area contributed by atoms with Crippen LogP contribution in [0.5, 0.6) is 5.75 Å². The van der Waals surface area contributed by atoms with Crippen molar-refractivity contribution in [1.82, 2.24) is 0 Å². The minimum absolute atomic E-state index is 0.297. The summed E-state index contributed by atoms with van der Waals surface area (Å²) in [4.78, 5) is 12.1. The second-order valence-corrected chi connectivity index (χ2v) is 5.65. The highest BCUT2D eigenvalue weighted by atomic mass is 16.5. The molecule has 3 heteroatoms. The van der Waals surface area contributed by atoms with Crippen LogP contribution in [-0.4, -0.2) is 6.61 Å². The Morgan fingerprint density at radius 2 is 1.82 bits per heavy atom. The standard InChI is InChI=1S/C19H20O3/c1-3-4-5-10-21-14-7-9-16-15-8-6-13(2)11-17(15)19(20)22-18(16)12-14/h6-9,11-12H,3-5,10H2,1-2H3. The molecule has 0 unspecified atom stereocenters. The van der Waals surface area contributed by atoms with Gasteiger partial charge in [0.1, 0.15) is 11.3 Å². The van der Waals surface area contributed by atoms with Crippen LogP contribution in [0.25, 0.3) is 21.7 Å². The molecule has 0 saturated carbocycles. The molecular weight excluding hydrogens is 276 g/mol. The molecule has 1 aromatic heterocycles. The van der Waals surface area contributed by atoms with Crippen molar-refractivity contribution in [3.63, 3.8) is 0 Å². The molecule has 3 aromatic rings. The molecule has 0 fully saturated rings. The first-order valence-corrected chi connectivity index (χ1v) is 7.79. The molecule has 3 nitrogen and oxygen atoms in total. The van der Waals surface area contributed by atoms with E-state index in [0.29, 0.717) is 17.6 Å². The van der Waals surface area contributed by atoms with Crippen LogP contribution in [0.2, 0.25) is 0 Å². The van der Waals surface area contributed by atoms with Gasteiger partial charge in [0, 0.05) is 11.5 Å². The number of rotatable bonds is 5. The third-order valence-corrected chi connectivity index (χ3v) is 3.86. The molecule has 0 spiro atoms. The maximum absolute atomic E-state index is 12.1. The van der Waals surface area contributed by atoms with E-state index < -0.39 is 0 Å². The third kappa shape index (κ3) is 2.84. The average molecular weight is 296 g/mol. The second-order valence-electron chi connectivity index (χ2n) is 5.65. The molecule has 2 aromatic carbocycles. The highest BCUT2D eigenvalue weighted by molar-refractivity contribution is 6.04. The Labute approximate surface area is 129 Å². The lowest BCUT2D eigenvalue weighted by Gasteiger charge is -2.08. The summed E-state index contributed by atoms with van der Waals surface area (Å²) in [5, 5.41) is 2.49. The second kappa shape index (κ2) is 6.22. The minimum atomic E-state index is -0.297.